The Balaban J connectivity index is 1.54. The number of esters is 1. The first-order chi connectivity index (χ1) is 15.3. The molecule has 1 heterocycles. The van der Waals surface area contributed by atoms with E-state index in [2.05, 4.69) is 15.5 Å². The van der Waals surface area contributed by atoms with Gasteiger partial charge in [0.1, 0.15) is 5.75 Å². The zero-order valence-corrected chi connectivity index (χ0v) is 18.8. The second-order valence-electron chi connectivity index (χ2n) is 9.03. The van der Waals surface area contributed by atoms with Crippen molar-refractivity contribution in [1.29, 1.82) is 0 Å². The van der Waals surface area contributed by atoms with Crippen molar-refractivity contribution in [2.75, 3.05) is 36.4 Å². The quantitative estimate of drug-likeness (QED) is 0.472. The average molecular weight is 432 g/mol. The highest BCUT2D eigenvalue weighted by atomic mass is 16.5. The lowest BCUT2D eigenvalue weighted by atomic mass is 9.97. The molecule has 6 heteroatoms. The van der Waals surface area contributed by atoms with E-state index in [1.165, 1.54) is 0 Å². The van der Waals surface area contributed by atoms with Gasteiger partial charge < -0.3 is 20.3 Å². The van der Waals surface area contributed by atoms with E-state index in [9.17, 15) is 9.59 Å². The van der Waals surface area contributed by atoms with Crippen molar-refractivity contribution in [3.63, 3.8) is 0 Å². The van der Waals surface area contributed by atoms with Crippen molar-refractivity contribution >= 4 is 34.0 Å². The van der Waals surface area contributed by atoms with Crippen molar-refractivity contribution in [1.82, 2.24) is 5.32 Å². The molecular weight excluding hydrogens is 402 g/mol. The van der Waals surface area contributed by atoms with Crippen LogP contribution in [0.5, 0.6) is 5.75 Å². The molecule has 1 saturated heterocycles. The lowest BCUT2D eigenvalue weighted by molar-refractivity contribution is -0.142. The summed E-state index contributed by atoms with van der Waals surface area (Å²) in [4.78, 5) is 27.6. The highest BCUT2D eigenvalue weighted by Crippen LogP contribution is 2.32. The molecule has 0 unspecified atom stereocenters. The van der Waals surface area contributed by atoms with Gasteiger partial charge in [0.2, 0.25) is 0 Å². The Morgan fingerprint density at radius 1 is 0.906 bits per heavy atom. The third kappa shape index (κ3) is 4.75. The number of ether oxygens (including phenoxy) is 1. The number of nitrogens with zero attached hydrogens (tertiary/aromatic N) is 1. The van der Waals surface area contributed by atoms with Gasteiger partial charge in [-0.05, 0) is 57.2 Å². The average Bonchev–Trinajstić information content (AvgIpc) is 2.79. The molecule has 1 fully saturated rings. The Morgan fingerprint density at radius 2 is 1.56 bits per heavy atom. The van der Waals surface area contributed by atoms with E-state index in [-0.39, 0.29) is 11.9 Å². The van der Waals surface area contributed by atoms with Crippen LogP contribution in [-0.2, 0) is 4.79 Å². The summed E-state index contributed by atoms with van der Waals surface area (Å²) in [6.07, 6.45) is 0. The first kappa shape index (κ1) is 21.8. The standard InChI is InChI=1S/C26H29N3O3/c1-26(2,3)25(31)32-23-9-5-6-20-21(23)7-4-8-22(20)28-24(30)18-10-12-19(13-11-18)29-16-14-27-15-17-29/h4-13,27H,14-17H2,1-3H3,(H,28,30). The number of hydrogen-bond donors (Lipinski definition) is 2. The second-order valence-corrected chi connectivity index (χ2v) is 9.03. The van der Waals surface area contributed by atoms with Gasteiger partial charge in [-0.3, -0.25) is 9.59 Å². The maximum absolute atomic E-state index is 12.9. The van der Waals surface area contributed by atoms with Crippen LogP contribution in [0.25, 0.3) is 10.8 Å². The molecule has 3 aromatic carbocycles. The molecule has 2 N–H and O–H groups in total. The molecule has 32 heavy (non-hydrogen) atoms. The predicted molar refractivity (Wildman–Crippen MR) is 129 cm³/mol. The third-order valence-electron chi connectivity index (χ3n) is 5.56. The van der Waals surface area contributed by atoms with Gasteiger partial charge in [0.05, 0.1) is 5.41 Å². The fraction of sp³-hybridized carbons (Fsp3) is 0.308. The van der Waals surface area contributed by atoms with Crippen LogP contribution < -0.4 is 20.3 Å². The van der Waals surface area contributed by atoms with Crippen LogP contribution in [0.4, 0.5) is 11.4 Å². The highest BCUT2D eigenvalue weighted by Gasteiger charge is 2.24. The first-order valence-corrected chi connectivity index (χ1v) is 10.9. The van der Waals surface area contributed by atoms with E-state index < -0.39 is 5.41 Å². The Morgan fingerprint density at radius 3 is 2.25 bits per heavy atom. The van der Waals surface area contributed by atoms with Crippen LogP contribution in [0.15, 0.2) is 60.7 Å². The number of carbonyl (C=O) groups is 2. The van der Waals surface area contributed by atoms with Crippen molar-refractivity contribution < 1.29 is 14.3 Å². The molecule has 0 radical (unpaired) electrons. The number of fused-ring (bicyclic) bond motifs is 1. The summed E-state index contributed by atoms with van der Waals surface area (Å²) in [7, 11) is 0. The fourth-order valence-electron chi connectivity index (χ4n) is 3.67. The number of rotatable bonds is 4. The number of anilines is 2. The molecular formula is C26H29N3O3. The predicted octanol–water partition coefficient (Wildman–Crippen LogP) is 4.45. The van der Waals surface area contributed by atoms with E-state index >= 15 is 0 Å². The Kier molecular flexibility index (Phi) is 6.15. The van der Waals surface area contributed by atoms with Crippen LogP contribution in [0.3, 0.4) is 0 Å². The van der Waals surface area contributed by atoms with Crippen LogP contribution in [0, 0.1) is 5.41 Å². The Bertz CT molecular complexity index is 1130. The molecule has 0 aliphatic carbocycles. The maximum Gasteiger partial charge on any atom is 0.316 e. The molecule has 0 atom stereocenters. The summed E-state index contributed by atoms with van der Waals surface area (Å²) in [6, 6.07) is 18.8. The van der Waals surface area contributed by atoms with Gasteiger partial charge >= 0.3 is 5.97 Å². The van der Waals surface area contributed by atoms with Crippen LogP contribution in [0.2, 0.25) is 0 Å². The zero-order valence-electron chi connectivity index (χ0n) is 18.8. The minimum absolute atomic E-state index is 0.179. The van der Waals surface area contributed by atoms with Gasteiger partial charge in [0, 0.05) is 53.9 Å². The number of amides is 1. The van der Waals surface area contributed by atoms with Crippen LogP contribution in [0.1, 0.15) is 31.1 Å². The molecule has 4 rings (SSSR count). The highest BCUT2D eigenvalue weighted by molar-refractivity contribution is 6.10. The Labute approximate surface area is 188 Å². The minimum Gasteiger partial charge on any atom is -0.425 e. The lowest BCUT2D eigenvalue weighted by Crippen LogP contribution is -2.43. The summed E-state index contributed by atoms with van der Waals surface area (Å²) in [5, 5.41) is 7.94. The SMILES string of the molecule is CC(C)(C)C(=O)Oc1cccc2c(NC(=O)c3ccc(N4CCNCC4)cc3)cccc12. The summed E-state index contributed by atoms with van der Waals surface area (Å²) < 4.78 is 5.65. The molecule has 0 bridgehead atoms. The Hall–Kier alpha value is -3.38. The number of piperazine rings is 1. The van der Waals surface area contributed by atoms with Gasteiger partial charge in [-0.2, -0.15) is 0 Å². The summed E-state index contributed by atoms with van der Waals surface area (Å²) in [5.74, 6) is 0.00404. The normalized spacial score (nSPS) is 14.3. The lowest BCUT2D eigenvalue weighted by Gasteiger charge is -2.29. The maximum atomic E-state index is 12.9. The van der Waals surface area contributed by atoms with Gasteiger partial charge in [0.15, 0.2) is 0 Å². The molecule has 0 aromatic heterocycles. The van der Waals surface area contributed by atoms with Crippen molar-refractivity contribution in [2.24, 2.45) is 5.41 Å². The molecule has 0 saturated carbocycles. The van der Waals surface area contributed by atoms with E-state index in [1.54, 1.807) is 6.07 Å². The molecule has 6 nitrogen and oxygen atoms in total. The molecule has 1 aliphatic heterocycles. The van der Waals surface area contributed by atoms with E-state index in [1.807, 2.05) is 75.4 Å². The van der Waals surface area contributed by atoms with Gasteiger partial charge in [-0.25, -0.2) is 0 Å². The largest absolute Gasteiger partial charge is 0.425 e. The van der Waals surface area contributed by atoms with E-state index in [4.69, 9.17) is 4.74 Å². The summed E-state index contributed by atoms with van der Waals surface area (Å²) in [5.41, 5.74) is 1.78. The second kappa shape index (κ2) is 9.01. The van der Waals surface area contributed by atoms with E-state index in [0.717, 1.165) is 42.6 Å². The fourth-order valence-corrected chi connectivity index (χ4v) is 3.67. The van der Waals surface area contributed by atoms with E-state index in [0.29, 0.717) is 17.0 Å². The minimum atomic E-state index is -0.606. The monoisotopic (exact) mass is 431 g/mol. The van der Waals surface area contributed by atoms with Gasteiger partial charge in [-0.15, -0.1) is 0 Å². The van der Waals surface area contributed by atoms with Crippen molar-refractivity contribution in [2.45, 2.75) is 20.8 Å². The van der Waals surface area contributed by atoms with Crippen molar-refractivity contribution in [3.8, 4) is 5.75 Å². The van der Waals surface area contributed by atoms with Gasteiger partial charge in [-0.1, -0.05) is 24.3 Å². The molecule has 1 aliphatic rings. The molecule has 1 amide bonds. The zero-order chi connectivity index (χ0) is 22.7. The summed E-state index contributed by atoms with van der Waals surface area (Å²) in [6.45, 7) is 9.32. The smallest absolute Gasteiger partial charge is 0.316 e. The topological polar surface area (TPSA) is 70.7 Å². The first-order valence-electron chi connectivity index (χ1n) is 10.9. The van der Waals surface area contributed by atoms with Crippen LogP contribution >= 0.6 is 0 Å². The molecule has 3 aromatic rings. The number of carbonyl (C=O) groups excluding carboxylic acids is 2. The number of hydrogen-bond acceptors (Lipinski definition) is 5. The van der Waals surface area contributed by atoms with Crippen molar-refractivity contribution in [3.05, 3.63) is 66.2 Å². The molecule has 166 valence electrons. The number of benzene rings is 3. The third-order valence-corrected chi connectivity index (χ3v) is 5.56. The number of nitrogens with one attached hydrogen (secondary N) is 2. The van der Waals surface area contributed by atoms with Gasteiger partial charge in [0.25, 0.3) is 5.91 Å². The summed E-state index contributed by atoms with van der Waals surface area (Å²) >= 11 is 0. The van der Waals surface area contributed by atoms with Crippen LogP contribution in [-0.4, -0.2) is 38.1 Å². The molecule has 0 spiro atoms.